The number of benzene rings is 2. The molecule has 1 heterocycles. The van der Waals surface area contributed by atoms with E-state index in [0.29, 0.717) is 28.4 Å². The van der Waals surface area contributed by atoms with Gasteiger partial charge in [-0.25, -0.2) is 0 Å². The first-order chi connectivity index (χ1) is 12.9. The van der Waals surface area contributed by atoms with Crippen LogP contribution in [0.25, 0.3) is 0 Å². The Hall–Kier alpha value is -3.35. The van der Waals surface area contributed by atoms with Crippen molar-refractivity contribution in [2.24, 2.45) is 0 Å². The standard InChI is InChI=1S/C20H20N2O5/c1-13(23)15-3-5-16(6-4-15)21-20(25)9-10-22(14(2)24)17-7-8-18-19(11-17)27-12-26-18/h3-8,11H,9-10,12H2,1-2H3,(H,21,25). The second-order valence-electron chi connectivity index (χ2n) is 6.14. The van der Waals surface area contributed by atoms with Gasteiger partial charge in [-0.15, -0.1) is 0 Å². The summed E-state index contributed by atoms with van der Waals surface area (Å²) < 4.78 is 10.6. The second-order valence-corrected chi connectivity index (χ2v) is 6.14. The van der Waals surface area contributed by atoms with E-state index in [2.05, 4.69) is 5.32 Å². The molecule has 0 bridgehead atoms. The summed E-state index contributed by atoms with van der Waals surface area (Å²) in [5, 5.41) is 2.76. The molecule has 0 aromatic heterocycles. The summed E-state index contributed by atoms with van der Waals surface area (Å²) in [6, 6.07) is 11.9. The molecule has 0 fully saturated rings. The fraction of sp³-hybridized carbons (Fsp3) is 0.250. The highest BCUT2D eigenvalue weighted by molar-refractivity contribution is 5.96. The first-order valence-corrected chi connectivity index (χ1v) is 8.52. The second kappa shape index (κ2) is 7.90. The number of hydrogen-bond donors (Lipinski definition) is 1. The highest BCUT2D eigenvalue weighted by Gasteiger charge is 2.19. The molecule has 2 aromatic rings. The summed E-state index contributed by atoms with van der Waals surface area (Å²) in [5.74, 6) is 0.779. The van der Waals surface area contributed by atoms with Gasteiger partial charge in [-0.05, 0) is 43.3 Å². The van der Waals surface area contributed by atoms with Crippen LogP contribution in [0.3, 0.4) is 0 Å². The lowest BCUT2D eigenvalue weighted by molar-refractivity contribution is -0.117. The minimum absolute atomic E-state index is 0.0336. The zero-order chi connectivity index (χ0) is 19.4. The SMILES string of the molecule is CC(=O)c1ccc(NC(=O)CCN(C(C)=O)c2ccc3c(c2)OCO3)cc1. The van der Waals surface area contributed by atoms with Crippen LogP contribution in [0.2, 0.25) is 0 Å². The fourth-order valence-corrected chi connectivity index (χ4v) is 2.75. The van der Waals surface area contributed by atoms with E-state index in [9.17, 15) is 14.4 Å². The molecule has 0 saturated carbocycles. The molecule has 27 heavy (non-hydrogen) atoms. The Kier molecular flexibility index (Phi) is 5.40. The molecule has 1 aliphatic rings. The average molecular weight is 368 g/mol. The summed E-state index contributed by atoms with van der Waals surface area (Å²) in [4.78, 5) is 37.0. The molecule has 0 radical (unpaired) electrons. The summed E-state index contributed by atoms with van der Waals surface area (Å²) in [6.07, 6.45) is 0.127. The molecule has 1 N–H and O–H groups in total. The molecule has 1 aliphatic heterocycles. The topological polar surface area (TPSA) is 84.9 Å². The normalized spacial score (nSPS) is 11.8. The number of ketones is 1. The van der Waals surface area contributed by atoms with Crippen molar-refractivity contribution in [3.8, 4) is 11.5 Å². The molecule has 0 unspecified atom stereocenters. The molecule has 2 aromatic carbocycles. The summed E-state index contributed by atoms with van der Waals surface area (Å²) >= 11 is 0. The zero-order valence-electron chi connectivity index (χ0n) is 15.2. The smallest absolute Gasteiger partial charge is 0.231 e. The van der Waals surface area contributed by atoms with Crippen molar-refractivity contribution >= 4 is 29.0 Å². The van der Waals surface area contributed by atoms with Crippen LogP contribution >= 0.6 is 0 Å². The van der Waals surface area contributed by atoms with Gasteiger partial charge in [-0.3, -0.25) is 14.4 Å². The van der Waals surface area contributed by atoms with Crippen LogP contribution in [0.1, 0.15) is 30.6 Å². The first-order valence-electron chi connectivity index (χ1n) is 8.52. The Morgan fingerprint density at radius 1 is 1.00 bits per heavy atom. The van der Waals surface area contributed by atoms with Gasteiger partial charge in [0.05, 0.1) is 0 Å². The number of hydrogen-bond acceptors (Lipinski definition) is 5. The minimum atomic E-state index is -0.224. The molecule has 0 spiro atoms. The van der Waals surface area contributed by atoms with Crippen molar-refractivity contribution in [3.63, 3.8) is 0 Å². The maximum Gasteiger partial charge on any atom is 0.231 e. The minimum Gasteiger partial charge on any atom is -0.454 e. The van der Waals surface area contributed by atoms with Gasteiger partial charge in [0.2, 0.25) is 18.6 Å². The van der Waals surface area contributed by atoms with Gasteiger partial charge in [0.25, 0.3) is 0 Å². The molecular formula is C20H20N2O5. The van der Waals surface area contributed by atoms with Crippen molar-refractivity contribution in [2.45, 2.75) is 20.3 Å². The van der Waals surface area contributed by atoms with E-state index in [-0.39, 0.29) is 37.4 Å². The van der Waals surface area contributed by atoms with Gasteiger partial charge in [0.15, 0.2) is 17.3 Å². The maximum atomic E-state index is 12.2. The van der Waals surface area contributed by atoms with Gasteiger partial charge in [0.1, 0.15) is 0 Å². The number of Topliss-reactive ketones (excluding diaryl/α,β-unsaturated/α-hetero) is 1. The number of nitrogens with one attached hydrogen (secondary N) is 1. The maximum absolute atomic E-state index is 12.2. The third-order valence-corrected chi connectivity index (χ3v) is 4.19. The third-order valence-electron chi connectivity index (χ3n) is 4.19. The van der Waals surface area contributed by atoms with E-state index in [1.54, 1.807) is 42.5 Å². The van der Waals surface area contributed by atoms with Crippen LogP contribution in [0.15, 0.2) is 42.5 Å². The number of ether oxygens (including phenoxy) is 2. The van der Waals surface area contributed by atoms with E-state index in [1.807, 2.05) is 0 Å². The number of nitrogens with zero attached hydrogens (tertiary/aromatic N) is 1. The predicted octanol–water partition coefficient (Wildman–Crippen LogP) is 3.00. The van der Waals surface area contributed by atoms with Crippen molar-refractivity contribution in [1.29, 1.82) is 0 Å². The Labute approximate surface area is 156 Å². The van der Waals surface area contributed by atoms with E-state index in [0.717, 1.165) is 0 Å². The largest absolute Gasteiger partial charge is 0.454 e. The molecule has 7 nitrogen and oxygen atoms in total. The quantitative estimate of drug-likeness (QED) is 0.793. The van der Waals surface area contributed by atoms with Crippen molar-refractivity contribution in [2.75, 3.05) is 23.6 Å². The number of carbonyl (C=O) groups is 3. The molecule has 3 rings (SSSR count). The van der Waals surface area contributed by atoms with E-state index in [1.165, 1.54) is 18.7 Å². The molecule has 7 heteroatoms. The fourth-order valence-electron chi connectivity index (χ4n) is 2.75. The third kappa shape index (κ3) is 4.44. The summed E-state index contributed by atoms with van der Waals surface area (Å²) in [5.41, 5.74) is 1.83. The number of carbonyl (C=O) groups excluding carboxylic acids is 3. The Balaban J connectivity index is 1.61. The van der Waals surface area contributed by atoms with Crippen LogP contribution in [0, 0.1) is 0 Å². The van der Waals surface area contributed by atoms with Gasteiger partial charge >= 0.3 is 0 Å². The Morgan fingerprint density at radius 2 is 1.70 bits per heavy atom. The molecule has 0 saturated heterocycles. The van der Waals surface area contributed by atoms with Gasteiger partial charge in [0, 0.05) is 42.9 Å². The van der Waals surface area contributed by atoms with Crippen LogP contribution in [-0.4, -0.2) is 30.9 Å². The monoisotopic (exact) mass is 368 g/mol. The van der Waals surface area contributed by atoms with Crippen LogP contribution in [0.5, 0.6) is 11.5 Å². The summed E-state index contributed by atoms with van der Waals surface area (Å²) in [7, 11) is 0. The van der Waals surface area contributed by atoms with E-state index in [4.69, 9.17) is 9.47 Å². The number of rotatable bonds is 6. The predicted molar refractivity (Wildman–Crippen MR) is 100 cm³/mol. The van der Waals surface area contributed by atoms with Crippen molar-refractivity contribution in [1.82, 2.24) is 0 Å². The number of anilines is 2. The average Bonchev–Trinajstić information content (AvgIpc) is 3.10. The Bertz CT molecular complexity index is 876. The lowest BCUT2D eigenvalue weighted by atomic mass is 10.1. The lowest BCUT2D eigenvalue weighted by Crippen LogP contribution is -2.31. The van der Waals surface area contributed by atoms with Crippen LogP contribution in [0.4, 0.5) is 11.4 Å². The van der Waals surface area contributed by atoms with Crippen molar-refractivity contribution < 1.29 is 23.9 Å². The van der Waals surface area contributed by atoms with Gasteiger partial charge < -0.3 is 19.7 Å². The highest BCUT2D eigenvalue weighted by Crippen LogP contribution is 2.35. The van der Waals surface area contributed by atoms with Gasteiger partial charge in [-0.2, -0.15) is 0 Å². The van der Waals surface area contributed by atoms with Crippen molar-refractivity contribution in [3.05, 3.63) is 48.0 Å². The molecular weight excluding hydrogens is 348 g/mol. The van der Waals surface area contributed by atoms with Crippen LogP contribution in [-0.2, 0) is 9.59 Å². The Morgan fingerprint density at radius 3 is 2.37 bits per heavy atom. The molecule has 0 aliphatic carbocycles. The highest BCUT2D eigenvalue weighted by atomic mass is 16.7. The molecule has 140 valence electrons. The van der Waals surface area contributed by atoms with Crippen LogP contribution < -0.4 is 19.7 Å². The molecule has 2 amide bonds. The van der Waals surface area contributed by atoms with Gasteiger partial charge in [-0.1, -0.05) is 0 Å². The zero-order valence-corrected chi connectivity index (χ0v) is 15.2. The summed E-state index contributed by atoms with van der Waals surface area (Å²) in [6.45, 7) is 3.32. The van der Waals surface area contributed by atoms with E-state index >= 15 is 0 Å². The number of amides is 2. The molecule has 0 atom stereocenters. The van der Waals surface area contributed by atoms with E-state index < -0.39 is 0 Å². The lowest BCUT2D eigenvalue weighted by Gasteiger charge is -2.21. The number of fused-ring (bicyclic) bond motifs is 1. The first kappa shape index (κ1) is 18.4.